The first-order valence-electron chi connectivity index (χ1n) is 10.4. The molecule has 0 aliphatic carbocycles. The van der Waals surface area contributed by atoms with Crippen LogP contribution in [0.2, 0.25) is 0 Å². The Morgan fingerprint density at radius 1 is 0.969 bits per heavy atom. The molecule has 7 nitrogen and oxygen atoms in total. The molecule has 0 saturated heterocycles. The third-order valence-corrected chi connectivity index (χ3v) is 4.76. The molecule has 1 heterocycles. The van der Waals surface area contributed by atoms with E-state index in [9.17, 15) is 9.59 Å². The number of anilines is 1. The fourth-order valence-electron chi connectivity index (χ4n) is 3.06. The summed E-state index contributed by atoms with van der Waals surface area (Å²) in [5.41, 5.74) is 4.81. The van der Waals surface area contributed by atoms with E-state index >= 15 is 0 Å². The molecule has 3 aromatic rings. The number of furan rings is 1. The lowest BCUT2D eigenvalue weighted by Gasteiger charge is -2.20. The van der Waals surface area contributed by atoms with Crippen molar-refractivity contribution in [3.63, 3.8) is 0 Å². The summed E-state index contributed by atoms with van der Waals surface area (Å²) in [6.45, 7) is 6.00. The summed E-state index contributed by atoms with van der Waals surface area (Å²) in [6.07, 6.45) is 4.51. The van der Waals surface area contributed by atoms with Crippen molar-refractivity contribution in [2.24, 2.45) is 5.10 Å². The summed E-state index contributed by atoms with van der Waals surface area (Å²) in [7, 11) is 0. The molecule has 164 valence electrons. The molecule has 0 aliphatic heterocycles. The van der Waals surface area contributed by atoms with Gasteiger partial charge < -0.3 is 14.6 Å². The lowest BCUT2D eigenvalue weighted by molar-refractivity contribution is -0.117. The van der Waals surface area contributed by atoms with E-state index in [0.29, 0.717) is 11.3 Å². The Labute approximate surface area is 187 Å². The number of hydrogen-bond acceptors (Lipinski definition) is 5. The zero-order valence-corrected chi connectivity index (χ0v) is 18.1. The fourth-order valence-corrected chi connectivity index (χ4v) is 3.06. The molecule has 2 amide bonds. The van der Waals surface area contributed by atoms with Gasteiger partial charge in [0.25, 0.3) is 11.8 Å². The SMILES string of the molecule is CCN(CC)c1ccc(/C=C(/NC(=O)c2ccccc2)C(=O)NN=Cc2ccco2)cc1. The standard InChI is InChI=1S/C25H26N4O3/c1-3-29(4-2)21-14-12-19(13-15-21)17-23(27-24(30)20-9-6-5-7-10-20)25(31)28-26-18-22-11-8-16-32-22/h5-18H,3-4H2,1-2H3,(H,27,30)(H,28,31)/b23-17+,26-18?. The van der Waals surface area contributed by atoms with E-state index in [4.69, 9.17) is 4.42 Å². The quantitative estimate of drug-likeness (QED) is 0.305. The van der Waals surface area contributed by atoms with Crippen LogP contribution in [-0.2, 0) is 4.79 Å². The second kappa shape index (κ2) is 11.3. The van der Waals surface area contributed by atoms with Crippen molar-refractivity contribution >= 4 is 29.8 Å². The van der Waals surface area contributed by atoms with Crippen LogP contribution in [0.25, 0.3) is 6.08 Å². The number of nitrogens with one attached hydrogen (secondary N) is 2. The Morgan fingerprint density at radius 3 is 2.31 bits per heavy atom. The first kappa shape index (κ1) is 22.6. The third-order valence-electron chi connectivity index (χ3n) is 4.76. The number of hydrogen-bond donors (Lipinski definition) is 2. The minimum absolute atomic E-state index is 0.0750. The maximum atomic E-state index is 12.8. The topological polar surface area (TPSA) is 86.9 Å². The number of carbonyl (C=O) groups is 2. The second-order valence-electron chi connectivity index (χ2n) is 6.86. The number of nitrogens with zero attached hydrogens (tertiary/aromatic N) is 2. The molecular weight excluding hydrogens is 404 g/mol. The maximum Gasteiger partial charge on any atom is 0.287 e. The van der Waals surface area contributed by atoms with Gasteiger partial charge in [0.1, 0.15) is 11.5 Å². The molecule has 0 atom stereocenters. The van der Waals surface area contributed by atoms with Crippen LogP contribution in [0.5, 0.6) is 0 Å². The monoisotopic (exact) mass is 430 g/mol. The van der Waals surface area contributed by atoms with Gasteiger partial charge in [-0.3, -0.25) is 9.59 Å². The molecule has 0 fully saturated rings. The van der Waals surface area contributed by atoms with Crippen molar-refractivity contribution in [3.8, 4) is 0 Å². The zero-order chi connectivity index (χ0) is 22.8. The second-order valence-corrected chi connectivity index (χ2v) is 6.86. The molecule has 0 radical (unpaired) electrons. The molecular formula is C25H26N4O3. The van der Waals surface area contributed by atoms with Crippen LogP contribution in [0.1, 0.15) is 35.5 Å². The van der Waals surface area contributed by atoms with Crippen LogP contribution in [0.3, 0.4) is 0 Å². The van der Waals surface area contributed by atoms with Crippen LogP contribution >= 0.6 is 0 Å². The van der Waals surface area contributed by atoms with Gasteiger partial charge in [0.15, 0.2) is 0 Å². The van der Waals surface area contributed by atoms with Crippen molar-refractivity contribution < 1.29 is 14.0 Å². The molecule has 0 spiro atoms. The largest absolute Gasteiger partial charge is 0.463 e. The highest BCUT2D eigenvalue weighted by Gasteiger charge is 2.14. The first-order valence-corrected chi connectivity index (χ1v) is 10.4. The molecule has 0 unspecified atom stereocenters. The molecule has 32 heavy (non-hydrogen) atoms. The van der Waals surface area contributed by atoms with E-state index in [0.717, 1.165) is 24.3 Å². The van der Waals surface area contributed by atoms with Gasteiger partial charge in [0.05, 0.1) is 12.5 Å². The predicted molar refractivity (Wildman–Crippen MR) is 126 cm³/mol. The van der Waals surface area contributed by atoms with Crippen molar-refractivity contribution in [1.82, 2.24) is 10.7 Å². The number of benzene rings is 2. The number of carbonyl (C=O) groups excluding carboxylic acids is 2. The third kappa shape index (κ3) is 6.18. The van der Waals surface area contributed by atoms with Crippen LogP contribution < -0.4 is 15.6 Å². The van der Waals surface area contributed by atoms with E-state index in [1.54, 1.807) is 42.5 Å². The maximum absolute atomic E-state index is 12.8. The zero-order valence-electron chi connectivity index (χ0n) is 18.1. The highest BCUT2D eigenvalue weighted by molar-refractivity contribution is 6.05. The fraction of sp³-hybridized carbons (Fsp3) is 0.160. The lowest BCUT2D eigenvalue weighted by Crippen LogP contribution is -2.32. The average molecular weight is 431 g/mol. The Bertz CT molecular complexity index is 1070. The summed E-state index contributed by atoms with van der Waals surface area (Å²) in [4.78, 5) is 27.6. The highest BCUT2D eigenvalue weighted by Crippen LogP contribution is 2.16. The lowest BCUT2D eigenvalue weighted by atomic mass is 10.1. The van der Waals surface area contributed by atoms with Gasteiger partial charge in [0, 0.05) is 24.3 Å². The number of hydrazone groups is 1. The van der Waals surface area contributed by atoms with Gasteiger partial charge in [-0.2, -0.15) is 5.10 Å². The Kier molecular flexibility index (Phi) is 7.97. The van der Waals surface area contributed by atoms with Gasteiger partial charge in [0.2, 0.25) is 0 Å². The molecule has 1 aromatic heterocycles. The predicted octanol–water partition coefficient (Wildman–Crippen LogP) is 4.05. The van der Waals surface area contributed by atoms with Crippen molar-refractivity contribution in [1.29, 1.82) is 0 Å². The minimum Gasteiger partial charge on any atom is -0.463 e. The molecule has 3 rings (SSSR count). The molecule has 2 aromatic carbocycles. The van der Waals surface area contributed by atoms with Gasteiger partial charge in [-0.15, -0.1) is 0 Å². The van der Waals surface area contributed by atoms with Crippen molar-refractivity contribution in [2.75, 3.05) is 18.0 Å². The van der Waals surface area contributed by atoms with Crippen LogP contribution in [-0.4, -0.2) is 31.1 Å². The molecule has 0 bridgehead atoms. The summed E-state index contributed by atoms with van der Waals surface area (Å²) >= 11 is 0. The van der Waals surface area contributed by atoms with Gasteiger partial charge in [-0.1, -0.05) is 30.3 Å². The van der Waals surface area contributed by atoms with E-state index in [1.165, 1.54) is 12.5 Å². The molecule has 2 N–H and O–H groups in total. The summed E-state index contributed by atoms with van der Waals surface area (Å²) in [6, 6.07) is 19.9. The molecule has 0 saturated carbocycles. The van der Waals surface area contributed by atoms with E-state index in [1.807, 2.05) is 30.3 Å². The van der Waals surface area contributed by atoms with E-state index < -0.39 is 5.91 Å². The average Bonchev–Trinajstić information content (AvgIpc) is 3.34. The first-order chi connectivity index (χ1) is 15.6. The number of amides is 2. The van der Waals surface area contributed by atoms with Gasteiger partial charge >= 0.3 is 0 Å². The highest BCUT2D eigenvalue weighted by atomic mass is 16.3. The Morgan fingerprint density at radius 2 is 1.69 bits per heavy atom. The summed E-state index contributed by atoms with van der Waals surface area (Å²) in [5, 5.41) is 6.59. The smallest absolute Gasteiger partial charge is 0.287 e. The summed E-state index contributed by atoms with van der Waals surface area (Å²) in [5.74, 6) is -0.442. The van der Waals surface area contributed by atoms with Crippen molar-refractivity contribution in [3.05, 3.63) is 95.6 Å². The van der Waals surface area contributed by atoms with Crippen LogP contribution in [0.15, 0.2) is 88.2 Å². The van der Waals surface area contributed by atoms with E-state index in [-0.39, 0.29) is 11.6 Å². The molecule has 7 heteroatoms. The minimum atomic E-state index is -0.551. The van der Waals surface area contributed by atoms with Crippen LogP contribution in [0.4, 0.5) is 5.69 Å². The summed E-state index contributed by atoms with van der Waals surface area (Å²) < 4.78 is 5.15. The van der Waals surface area contributed by atoms with Crippen molar-refractivity contribution in [2.45, 2.75) is 13.8 Å². The van der Waals surface area contributed by atoms with Gasteiger partial charge in [-0.25, -0.2) is 5.43 Å². The number of rotatable bonds is 9. The Balaban J connectivity index is 1.81. The van der Waals surface area contributed by atoms with E-state index in [2.05, 4.69) is 34.6 Å². The Hall–Kier alpha value is -4.13. The van der Waals surface area contributed by atoms with Crippen LogP contribution in [0, 0.1) is 0 Å². The molecule has 0 aliphatic rings. The normalized spacial score (nSPS) is 11.4. The van der Waals surface area contributed by atoms with Gasteiger partial charge in [-0.05, 0) is 61.9 Å².